The standard InChI is InChI=1S/C5H5NO2S/c7-6(8)5-2-1-3-9-4-5/h1-3H,4H2. The second-order valence-electron chi connectivity index (χ2n) is 1.55. The second kappa shape index (κ2) is 2.68. The Hall–Kier alpha value is -0.770. The van der Waals surface area contributed by atoms with Crippen molar-refractivity contribution in [2.45, 2.75) is 0 Å². The smallest absolute Gasteiger partial charge is 0.256 e. The van der Waals surface area contributed by atoms with Crippen LogP contribution in [0.3, 0.4) is 0 Å². The average Bonchev–Trinajstić information content (AvgIpc) is 1.90. The van der Waals surface area contributed by atoms with Crippen LogP contribution in [0.15, 0.2) is 23.3 Å². The first kappa shape index (κ1) is 6.35. The van der Waals surface area contributed by atoms with Crippen molar-refractivity contribution in [3.8, 4) is 0 Å². The van der Waals surface area contributed by atoms with Crippen molar-refractivity contribution < 1.29 is 4.92 Å². The third kappa shape index (κ3) is 1.57. The van der Waals surface area contributed by atoms with Gasteiger partial charge in [0.1, 0.15) is 0 Å². The fraction of sp³-hybridized carbons (Fsp3) is 0.200. The molecule has 0 spiro atoms. The minimum absolute atomic E-state index is 0.280. The predicted octanol–water partition coefficient (Wildman–Crippen LogP) is 1.41. The predicted molar refractivity (Wildman–Crippen MR) is 36.7 cm³/mol. The maximum atomic E-state index is 10.0. The molecule has 0 radical (unpaired) electrons. The van der Waals surface area contributed by atoms with Gasteiger partial charge in [-0.2, -0.15) is 0 Å². The SMILES string of the molecule is O=[N+]([O-])C1=CC=CSC1. The molecule has 1 aliphatic heterocycles. The molecule has 4 heteroatoms. The van der Waals surface area contributed by atoms with Crippen LogP contribution in [-0.4, -0.2) is 10.7 Å². The molecular formula is C5H5NO2S. The van der Waals surface area contributed by atoms with E-state index in [-0.39, 0.29) is 10.6 Å². The maximum Gasteiger partial charge on any atom is 0.256 e. The summed E-state index contributed by atoms with van der Waals surface area (Å²) in [6.07, 6.45) is 3.21. The van der Waals surface area contributed by atoms with E-state index < -0.39 is 0 Å². The van der Waals surface area contributed by atoms with Crippen molar-refractivity contribution in [1.82, 2.24) is 0 Å². The Morgan fingerprint density at radius 3 is 2.89 bits per heavy atom. The first-order valence-corrected chi connectivity index (χ1v) is 3.47. The normalized spacial score (nSPS) is 17.1. The lowest BCUT2D eigenvalue weighted by Crippen LogP contribution is -2.01. The molecule has 9 heavy (non-hydrogen) atoms. The summed E-state index contributed by atoms with van der Waals surface area (Å²) in [4.78, 5) is 9.69. The third-order valence-electron chi connectivity index (χ3n) is 0.929. The Morgan fingerprint density at radius 2 is 2.56 bits per heavy atom. The molecule has 0 atom stereocenters. The van der Waals surface area contributed by atoms with Crippen LogP contribution in [0.25, 0.3) is 0 Å². The molecule has 1 heterocycles. The van der Waals surface area contributed by atoms with Gasteiger partial charge in [-0.25, -0.2) is 0 Å². The molecule has 0 amide bonds. The van der Waals surface area contributed by atoms with Crippen molar-refractivity contribution in [2.75, 3.05) is 5.75 Å². The molecular weight excluding hydrogens is 138 g/mol. The van der Waals surface area contributed by atoms with Crippen molar-refractivity contribution >= 4 is 11.8 Å². The largest absolute Gasteiger partial charge is 0.259 e. The van der Waals surface area contributed by atoms with E-state index in [1.807, 2.05) is 5.41 Å². The third-order valence-corrected chi connectivity index (χ3v) is 1.74. The summed E-state index contributed by atoms with van der Waals surface area (Å²) in [5, 5.41) is 11.9. The summed E-state index contributed by atoms with van der Waals surface area (Å²) < 4.78 is 0. The van der Waals surface area contributed by atoms with Gasteiger partial charge >= 0.3 is 0 Å². The number of hydrogen-bond acceptors (Lipinski definition) is 3. The number of hydrogen-bond donors (Lipinski definition) is 0. The molecule has 48 valence electrons. The molecule has 0 saturated carbocycles. The highest BCUT2D eigenvalue weighted by molar-refractivity contribution is 8.02. The molecule has 0 aromatic heterocycles. The van der Waals surface area contributed by atoms with Crippen LogP contribution in [0.4, 0.5) is 0 Å². The van der Waals surface area contributed by atoms with Crippen molar-refractivity contribution in [1.29, 1.82) is 0 Å². The van der Waals surface area contributed by atoms with Crippen LogP contribution in [0, 0.1) is 10.1 Å². The minimum atomic E-state index is -0.351. The maximum absolute atomic E-state index is 10.0. The highest BCUT2D eigenvalue weighted by Gasteiger charge is 2.09. The number of rotatable bonds is 1. The van der Waals surface area contributed by atoms with Gasteiger partial charge in [0.25, 0.3) is 5.70 Å². The molecule has 1 rings (SSSR count). The van der Waals surface area contributed by atoms with E-state index in [0.29, 0.717) is 5.75 Å². The molecule has 1 aliphatic rings. The van der Waals surface area contributed by atoms with Crippen LogP contribution < -0.4 is 0 Å². The summed E-state index contributed by atoms with van der Waals surface area (Å²) in [7, 11) is 0. The zero-order chi connectivity index (χ0) is 6.69. The minimum Gasteiger partial charge on any atom is -0.259 e. The van der Waals surface area contributed by atoms with Gasteiger partial charge in [-0.05, 0) is 11.5 Å². The van der Waals surface area contributed by atoms with Crippen molar-refractivity contribution in [3.63, 3.8) is 0 Å². The topological polar surface area (TPSA) is 43.1 Å². The van der Waals surface area contributed by atoms with E-state index in [2.05, 4.69) is 0 Å². The first-order chi connectivity index (χ1) is 4.30. The number of nitro groups is 1. The van der Waals surface area contributed by atoms with Gasteiger partial charge in [-0.15, -0.1) is 11.8 Å². The summed E-state index contributed by atoms with van der Waals surface area (Å²) in [6.45, 7) is 0. The van der Waals surface area contributed by atoms with E-state index >= 15 is 0 Å². The zero-order valence-electron chi connectivity index (χ0n) is 4.61. The molecule has 0 fully saturated rings. The van der Waals surface area contributed by atoms with E-state index in [9.17, 15) is 10.1 Å². The molecule has 0 bridgehead atoms. The number of allylic oxidation sites excluding steroid dienone is 2. The van der Waals surface area contributed by atoms with Gasteiger partial charge in [0, 0.05) is 6.08 Å². The zero-order valence-corrected chi connectivity index (χ0v) is 5.43. The van der Waals surface area contributed by atoms with E-state index in [1.54, 1.807) is 6.08 Å². The summed E-state index contributed by atoms with van der Waals surface area (Å²) >= 11 is 1.44. The van der Waals surface area contributed by atoms with Crippen LogP contribution >= 0.6 is 11.8 Å². The molecule has 0 aromatic carbocycles. The van der Waals surface area contributed by atoms with Gasteiger partial charge in [0.05, 0.1) is 10.7 Å². The first-order valence-electron chi connectivity index (χ1n) is 2.42. The van der Waals surface area contributed by atoms with Crippen LogP contribution in [0.2, 0.25) is 0 Å². The molecule has 0 aliphatic carbocycles. The fourth-order valence-electron chi connectivity index (χ4n) is 0.501. The fourth-order valence-corrected chi connectivity index (χ4v) is 1.16. The Balaban J connectivity index is 2.68. The highest BCUT2D eigenvalue weighted by Crippen LogP contribution is 2.14. The molecule has 0 N–H and O–H groups in total. The summed E-state index contributed by atoms with van der Waals surface area (Å²) in [5.41, 5.74) is 0.280. The summed E-state index contributed by atoms with van der Waals surface area (Å²) in [5.74, 6) is 0.490. The van der Waals surface area contributed by atoms with Gasteiger partial charge in [0.2, 0.25) is 0 Å². The van der Waals surface area contributed by atoms with Crippen LogP contribution in [0.1, 0.15) is 0 Å². The van der Waals surface area contributed by atoms with E-state index in [0.717, 1.165) is 0 Å². The Labute approximate surface area is 56.6 Å². The average molecular weight is 143 g/mol. The highest BCUT2D eigenvalue weighted by atomic mass is 32.2. The van der Waals surface area contributed by atoms with Crippen molar-refractivity contribution in [3.05, 3.63) is 33.4 Å². The van der Waals surface area contributed by atoms with Gasteiger partial charge < -0.3 is 0 Å². The van der Waals surface area contributed by atoms with E-state index in [4.69, 9.17) is 0 Å². The van der Waals surface area contributed by atoms with Crippen molar-refractivity contribution in [2.24, 2.45) is 0 Å². The number of thioether (sulfide) groups is 1. The number of nitrogens with zero attached hydrogens (tertiary/aromatic N) is 1. The lowest BCUT2D eigenvalue weighted by Gasteiger charge is -1.96. The second-order valence-corrected chi connectivity index (χ2v) is 2.45. The molecule has 0 unspecified atom stereocenters. The Morgan fingerprint density at radius 1 is 1.78 bits per heavy atom. The van der Waals surface area contributed by atoms with Gasteiger partial charge in [-0.3, -0.25) is 10.1 Å². The van der Waals surface area contributed by atoms with E-state index in [1.165, 1.54) is 17.8 Å². The molecule has 0 saturated heterocycles. The van der Waals surface area contributed by atoms with Crippen LogP contribution in [-0.2, 0) is 0 Å². The lowest BCUT2D eigenvalue weighted by atomic mass is 10.4. The molecule has 0 aromatic rings. The monoisotopic (exact) mass is 143 g/mol. The summed E-state index contributed by atoms with van der Waals surface area (Å²) in [6, 6.07) is 0. The van der Waals surface area contributed by atoms with Crippen LogP contribution in [0.5, 0.6) is 0 Å². The Bertz CT molecular complexity index is 185. The van der Waals surface area contributed by atoms with Gasteiger partial charge in [-0.1, -0.05) is 0 Å². The lowest BCUT2D eigenvalue weighted by molar-refractivity contribution is -0.423. The Kier molecular flexibility index (Phi) is 1.89. The quantitative estimate of drug-likeness (QED) is 0.411. The van der Waals surface area contributed by atoms with Gasteiger partial charge in [0.15, 0.2) is 0 Å². The molecule has 3 nitrogen and oxygen atoms in total.